The standard InChI is InChI=1S/C36H49N3O6Si/c1-33(2,3)28(39-32(40)45-34(4,5)6)31-38-27(30-37-26(22-42-30)23-43-46(10,11)35(7,8)9)29(44-31)36(41,24-18-14-12-15-19-24)25-20-16-13-17-21-25/h12-22,28,41H,23H2,1-11H3,(H,39,40)/t28-/m1/s1. The lowest BCUT2D eigenvalue weighted by atomic mass is 9.83. The van der Waals surface area contributed by atoms with Gasteiger partial charge in [-0.05, 0) is 55.4 Å². The van der Waals surface area contributed by atoms with Crippen molar-refractivity contribution >= 4 is 14.4 Å². The average molecular weight is 648 g/mol. The minimum absolute atomic E-state index is 0.0265. The summed E-state index contributed by atoms with van der Waals surface area (Å²) in [6, 6.07) is 17.7. The molecule has 2 aromatic heterocycles. The van der Waals surface area contributed by atoms with Crippen molar-refractivity contribution in [2.75, 3.05) is 0 Å². The molecule has 2 heterocycles. The van der Waals surface area contributed by atoms with Crippen molar-refractivity contribution in [3.05, 3.63) is 95.4 Å². The summed E-state index contributed by atoms with van der Waals surface area (Å²) < 4.78 is 24.6. The quantitative estimate of drug-likeness (QED) is 0.173. The van der Waals surface area contributed by atoms with Gasteiger partial charge in [0.15, 0.2) is 25.4 Å². The Hall–Kier alpha value is -3.73. The molecule has 0 spiro atoms. The molecule has 0 radical (unpaired) electrons. The number of alkyl carbamates (subject to hydrolysis) is 1. The summed E-state index contributed by atoms with van der Waals surface area (Å²) in [6.07, 6.45) is 0.932. The van der Waals surface area contributed by atoms with Crippen LogP contribution in [-0.4, -0.2) is 35.1 Å². The molecule has 2 aromatic carbocycles. The van der Waals surface area contributed by atoms with E-state index in [0.717, 1.165) is 0 Å². The van der Waals surface area contributed by atoms with E-state index in [0.29, 0.717) is 16.8 Å². The maximum Gasteiger partial charge on any atom is 0.408 e. The molecule has 46 heavy (non-hydrogen) atoms. The van der Waals surface area contributed by atoms with Crippen LogP contribution in [0.15, 0.2) is 75.8 Å². The zero-order valence-electron chi connectivity index (χ0n) is 29.0. The fraction of sp³-hybridized carbons (Fsp3) is 0.472. The van der Waals surface area contributed by atoms with Gasteiger partial charge in [-0.25, -0.2) is 14.8 Å². The first-order chi connectivity index (χ1) is 21.2. The summed E-state index contributed by atoms with van der Waals surface area (Å²) in [5, 5.41) is 15.7. The second kappa shape index (κ2) is 12.8. The van der Waals surface area contributed by atoms with Crippen molar-refractivity contribution in [3.8, 4) is 11.6 Å². The smallest absolute Gasteiger partial charge is 0.408 e. The number of benzene rings is 2. The van der Waals surface area contributed by atoms with Crippen LogP contribution in [0.4, 0.5) is 4.79 Å². The lowest BCUT2D eigenvalue weighted by molar-refractivity contribution is 0.0439. The maximum atomic E-state index is 13.0. The van der Waals surface area contributed by atoms with Gasteiger partial charge < -0.3 is 28.4 Å². The first kappa shape index (κ1) is 35.1. The number of nitrogens with zero attached hydrogens (tertiary/aromatic N) is 2. The van der Waals surface area contributed by atoms with E-state index in [1.807, 2.05) is 81.4 Å². The molecule has 0 saturated carbocycles. The van der Waals surface area contributed by atoms with Crippen molar-refractivity contribution in [2.24, 2.45) is 5.41 Å². The fourth-order valence-electron chi connectivity index (χ4n) is 4.66. The van der Waals surface area contributed by atoms with Gasteiger partial charge in [0.2, 0.25) is 11.8 Å². The lowest BCUT2D eigenvalue weighted by Gasteiger charge is -2.35. The minimum Gasteiger partial charge on any atom is -0.444 e. The molecular formula is C36H49N3O6Si. The molecule has 0 aliphatic heterocycles. The number of nitrogens with one attached hydrogen (secondary N) is 1. The Morgan fingerprint density at radius 3 is 1.91 bits per heavy atom. The molecule has 0 fully saturated rings. The third-order valence-electron chi connectivity index (χ3n) is 8.27. The number of carbonyl (C=O) groups excluding carboxylic acids is 1. The monoisotopic (exact) mass is 647 g/mol. The number of carbonyl (C=O) groups is 1. The molecule has 9 nitrogen and oxygen atoms in total. The molecule has 10 heteroatoms. The van der Waals surface area contributed by atoms with Gasteiger partial charge in [0.05, 0.1) is 6.61 Å². The number of aliphatic hydroxyl groups is 1. The van der Waals surface area contributed by atoms with Crippen LogP contribution in [0.2, 0.25) is 18.1 Å². The molecule has 248 valence electrons. The number of amides is 1. The van der Waals surface area contributed by atoms with E-state index in [2.05, 4.69) is 39.2 Å². The van der Waals surface area contributed by atoms with Crippen LogP contribution < -0.4 is 5.32 Å². The normalized spacial score (nSPS) is 13.8. The van der Waals surface area contributed by atoms with E-state index < -0.39 is 37.1 Å². The second-order valence-electron chi connectivity index (χ2n) is 15.3. The highest BCUT2D eigenvalue weighted by Crippen LogP contribution is 2.44. The van der Waals surface area contributed by atoms with Gasteiger partial charge in [-0.2, -0.15) is 0 Å². The number of aromatic nitrogens is 2. The number of oxazole rings is 2. The summed E-state index contributed by atoms with van der Waals surface area (Å²) in [6.45, 7) is 22.5. The zero-order chi connectivity index (χ0) is 34.1. The van der Waals surface area contributed by atoms with Gasteiger partial charge in [0, 0.05) is 0 Å². The summed E-state index contributed by atoms with van der Waals surface area (Å²) in [5.74, 6) is 0.443. The molecule has 0 saturated heterocycles. The van der Waals surface area contributed by atoms with Crippen molar-refractivity contribution in [1.29, 1.82) is 0 Å². The number of ether oxygens (including phenoxy) is 1. The predicted molar refractivity (Wildman–Crippen MR) is 181 cm³/mol. The largest absolute Gasteiger partial charge is 0.444 e. The molecule has 0 bridgehead atoms. The van der Waals surface area contributed by atoms with Crippen molar-refractivity contribution < 1.29 is 27.9 Å². The Kier molecular flexibility index (Phi) is 9.78. The van der Waals surface area contributed by atoms with Crippen molar-refractivity contribution in [3.63, 3.8) is 0 Å². The number of hydrogen-bond donors (Lipinski definition) is 2. The Labute approximate surface area is 273 Å². The highest BCUT2D eigenvalue weighted by Gasteiger charge is 2.44. The molecule has 4 rings (SSSR count). The van der Waals surface area contributed by atoms with Crippen LogP contribution in [0.3, 0.4) is 0 Å². The van der Waals surface area contributed by atoms with Gasteiger partial charge in [0.25, 0.3) is 0 Å². The summed E-state index contributed by atoms with van der Waals surface area (Å²) >= 11 is 0. The Morgan fingerprint density at radius 2 is 1.43 bits per heavy atom. The summed E-state index contributed by atoms with van der Waals surface area (Å²) in [7, 11) is -2.06. The highest BCUT2D eigenvalue weighted by atomic mass is 28.4. The minimum atomic E-state index is -2.06. The summed E-state index contributed by atoms with van der Waals surface area (Å²) in [4.78, 5) is 22.7. The predicted octanol–water partition coefficient (Wildman–Crippen LogP) is 8.75. The van der Waals surface area contributed by atoms with E-state index in [1.165, 1.54) is 0 Å². The topological polar surface area (TPSA) is 120 Å². The van der Waals surface area contributed by atoms with Crippen LogP contribution in [0.1, 0.15) is 96.8 Å². The molecule has 0 aliphatic rings. The molecule has 1 amide bonds. The van der Waals surface area contributed by atoms with E-state index in [-0.39, 0.29) is 34.9 Å². The van der Waals surface area contributed by atoms with Crippen molar-refractivity contribution in [1.82, 2.24) is 15.3 Å². The van der Waals surface area contributed by atoms with Crippen LogP contribution in [0.25, 0.3) is 11.6 Å². The third kappa shape index (κ3) is 7.79. The number of rotatable bonds is 9. The van der Waals surface area contributed by atoms with Gasteiger partial charge in [0.1, 0.15) is 23.6 Å². The molecule has 2 N–H and O–H groups in total. The number of hydrogen-bond acceptors (Lipinski definition) is 8. The molecule has 0 unspecified atom stereocenters. The van der Waals surface area contributed by atoms with Crippen LogP contribution in [-0.2, 0) is 21.4 Å². The highest BCUT2D eigenvalue weighted by molar-refractivity contribution is 6.74. The SMILES string of the molecule is CC(C)(C)OC(=O)N[C@H](c1nc(-c2nc(CO[Si](C)(C)C(C)(C)C)co2)c(C(O)(c2ccccc2)c2ccccc2)o1)C(C)(C)C. The molecular weight excluding hydrogens is 598 g/mol. The van der Waals surface area contributed by atoms with Crippen LogP contribution in [0, 0.1) is 5.41 Å². The first-order valence-corrected chi connectivity index (χ1v) is 18.6. The molecule has 0 aliphatic carbocycles. The zero-order valence-corrected chi connectivity index (χ0v) is 30.0. The lowest BCUT2D eigenvalue weighted by Crippen LogP contribution is -2.40. The molecule has 4 aromatic rings. The Balaban J connectivity index is 1.90. The maximum absolute atomic E-state index is 13.0. The molecule has 1 atom stereocenters. The van der Waals surface area contributed by atoms with E-state index >= 15 is 0 Å². The van der Waals surface area contributed by atoms with Crippen molar-refractivity contribution in [2.45, 2.75) is 104 Å². The Bertz CT molecular complexity index is 1570. The van der Waals surface area contributed by atoms with E-state index in [9.17, 15) is 9.90 Å². The van der Waals surface area contributed by atoms with Gasteiger partial charge >= 0.3 is 6.09 Å². The third-order valence-corrected chi connectivity index (χ3v) is 12.7. The van der Waals surface area contributed by atoms with E-state index in [1.54, 1.807) is 27.0 Å². The van der Waals surface area contributed by atoms with Gasteiger partial charge in [-0.1, -0.05) is 102 Å². The van der Waals surface area contributed by atoms with Crippen LogP contribution in [0.5, 0.6) is 0 Å². The fourth-order valence-corrected chi connectivity index (χ4v) is 5.61. The van der Waals surface area contributed by atoms with E-state index in [4.69, 9.17) is 28.0 Å². The van der Waals surface area contributed by atoms with Gasteiger partial charge in [-0.15, -0.1) is 0 Å². The first-order valence-electron chi connectivity index (χ1n) is 15.7. The van der Waals surface area contributed by atoms with Crippen LogP contribution >= 0.6 is 0 Å². The second-order valence-corrected chi connectivity index (χ2v) is 20.1. The average Bonchev–Trinajstić information content (AvgIpc) is 3.61. The summed E-state index contributed by atoms with van der Waals surface area (Å²) in [5.41, 5.74) is -1.13. The Morgan fingerprint density at radius 1 is 0.891 bits per heavy atom. The van der Waals surface area contributed by atoms with Gasteiger partial charge in [-0.3, -0.25) is 0 Å².